The van der Waals surface area contributed by atoms with E-state index in [1.807, 2.05) is 11.3 Å². The molecule has 5 atom stereocenters. The molecule has 0 N–H and O–H groups in total. The fourth-order valence-corrected chi connectivity index (χ4v) is 14.9. The van der Waals surface area contributed by atoms with Crippen LogP contribution in [0.3, 0.4) is 0 Å². The molecule has 0 amide bonds. The van der Waals surface area contributed by atoms with Crippen LogP contribution >= 0.6 is 11.3 Å². The zero-order valence-corrected chi connectivity index (χ0v) is 36.9. The van der Waals surface area contributed by atoms with E-state index in [0.29, 0.717) is 11.8 Å². The van der Waals surface area contributed by atoms with Crippen LogP contribution in [-0.4, -0.2) is 0 Å². The van der Waals surface area contributed by atoms with E-state index in [9.17, 15) is 0 Å². The van der Waals surface area contributed by atoms with Gasteiger partial charge in [-0.2, -0.15) is 0 Å². The number of para-hydroxylation sites is 1. The highest BCUT2D eigenvalue weighted by Gasteiger charge is 2.62. The molecule has 4 aliphatic carbocycles. The van der Waals surface area contributed by atoms with E-state index in [1.165, 1.54) is 108 Å². The van der Waals surface area contributed by atoms with Crippen molar-refractivity contribution in [1.29, 1.82) is 0 Å². The Balaban J connectivity index is 1.04. The normalized spacial score (nSPS) is 22.4. The van der Waals surface area contributed by atoms with Crippen LogP contribution < -0.4 is 4.90 Å². The first kappa shape index (κ1) is 37.3. The van der Waals surface area contributed by atoms with Crippen molar-refractivity contribution in [2.45, 2.75) is 56.8 Å². The maximum atomic E-state index is 2.65. The van der Waals surface area contributed by atoms with Crippen LogP contribution in [0.4, 0.5) is 17.1 Å². The molecular weight excluding hydrogens is 779 g/mol. The number of nitrogens with zero attached hydrogens (tertiary/aromatic N) is 1. The third-order valence-electron chi connectivity index (χ3n) is 16.2. The molecule has 2 heteroatoms. The smallest absolute Gasteiger partial charge is 0.0720 e. The van der Waals surface area contributed by atoms with Crippen molar-refractivity contribution in [3.8, 4) is 22.3 Å². The van der Waals surface area contributed by atoms with Crippen molar-refractivity contribution < 1.29 is 0 Å². The van der Waals surface area contributed by atoms with Crippen LogP contribution in [0.25, 0.3) is 42.4 Å². The molecule has 0 radical (unpaired) electrons. The molecule has 2 fully saturated rings. The van der Waals surface area contributed by atoms with Gasteiger partial charge >= 0.3 is 0 Å². The molecular formula is C61H51NS. The number of thiophene rings is 1. The molecule has 2 bridgehead atoms. The third-order valence-corrected chi connectivity index (χ3v) is 17.3. The van der Waals surface area contributed by atoms with Crippen LogP contribution in [0.15, 0.2) is 188 Å². The van der Waals surface area contributed by atoms with Gasteiger partial charge in [0.2, 0.25) is 0 Å². The highest BCUT2D eigenvalue weighted by Crippen LogP contribution is 2.69. The molecule has 9 aromatic rings. The van der Waals surface area contributed by atoms with E-state index in [4.69, 9.17) is 0 Å². The lowest BCUT2D eigenvalue weighted by Crippen LogP contribution is -2.56. The molecule has 63 heavy (non-hydrogen) atoms. The molecule has 2 spiro atoms. The zero-order chi connectivity index (χ0) is 41.9. The molecule has 306 valence electrons. The Bertz CT molecular complexity index is 3170. The lowest BCUT2D eigenvalue weighted by molar-refractivity contribution is 0.0180. The fraction of sp³-hybridized carbons (Fsp3) is 0.213. The summed E-state index contributed by atoms with van der Waals surface area (Å²) >= 11 is 1.89. The average molecular weight is 830 g/mol. The summed E-state index contributed by atoms with van der Waals surface area (Å²) in [6, 6.07) is 72.3. The van der Waals surface area contributed by atoms with E-state index in [-0.39, 0.29) is 5.41 Å². The third kappa shape index (κ3) is 5.22. The second-order valence-corrected chi connectivity index (χ2v) is 20.3. The van der Waals surface area contributed by atoms with E-state index in [2.05, 4.69) is 207 Å². The maximum absolute atomic E-state index is 2.65. The summed E-state index contributed by atoms with van der Waals surface area (Å²) in [6.45, 7) is 4.97. The molecule has 3 unspecified atom stereocenters. The average Bonchev–Trinajstić information content (AvgIpc) is 3.85. The Labute approximate surface area is 375 Å². The van der Waals surface area contributed by atoms with Crippen molar-refractivity contribution in [2.75, 3.05) is 4.90 Å². The Morgan fingerprint density at radius 2 is 1.02 bits per heavy atom. The standard InChI is InChI=1S/C61H51NS/c1-3-40-35-43-33-39(2)34-44(36-40)60(43)54-22-12-13-23-55(54)61(52-20-10-7-17-48(52)49-18-8-11-21-53(49)61)57-38-47(30-32-56(57)60)62(45-15-5-4-6-16-45)46-28-25-41(26-29-46)42-27-31-51-50-19-9-14-24-58(50)63-59(51)37-42/h4-32,37-40,43-44H,3,33-36H2,1-2H3/t39?,40?,43-,44+,60?. The van der Waals surface area contributed by atoms with E-state index >= 15 is 0 Å². The summed E-state index contributed by atoms with van der Waals surface area (Å²) in [5.41, 5.74) is 17.2. The second kappa shape index (κ2) is 14.1. The summed E-state index contributed by atoms with van der Waals surface area (Å²) in [7, 11) is 0. The highest BCUT2D eigenvalue weighted by molar-refractivity contribution is 7.25. The fourth-order valence-electron chi connectivity index (χ4n) is 13.8. The molecule has 1 nitrogen and oxygen atoms in total. The van der Waals surface area contributed by atoms with Gasteiger partial charge in [-0.15, -0.1) is 11.3 Å². The number of rotatable bonds is 5. The van der Waals surface area contributed by atoms with Crippen LogP contribution in [0.2, 0.25) is 0 Å². The van der Waals surface area contributed by atoms with Crippen molar-refractivity contribution in [2.24, 2.45) is 23.7 Å². The van der Waals surface area contributed by atoms with Gasteiger partial charge in [0.1, 0.15) is 0 Å². The van der Waals surface area contributed by atoms with Crippen molar-refractivity contribution in [3.63, 3.8) is 0 Å². The van der Waals surface area contributed by atoms with Gasteiger partial charge in [0, 0.05) is 42.6 Å². The number of anilines is 3. The highest BCUT2D eigenvalue weighted by atomic mass is 32.1. The van der Waals surface area contributed by atoms with Gasteiger partial charge in [-0.1, -0.05) is 160 Å². The lowest BCUT2D eigenvalue weighted by atomic mass is 9.41. The number of hydrogen-bond donors (Lipinski definition) is 0. The summed E-state index contributed by atoms with van der Waals surface area (Å²) in [6.07, 6.45) is 6.49. The van der Waals surface area contributed by atoms with E-state index in [0.717, 1.165) is 17.5 Å². The van der Waals surface area contributed by atoms with E-state index < -0.39 is 5.41 Å². The van der Waals surface area contributed by atoms with Crippen LogP contribution in [0.1, 0.15) is 79.3 Å². The Kier molecular flexibility index (Phi) is 8.39. The largest absolute Gasteiger partial charge is 0.310 e. The maximum Gasteiger partial charge on any atom is 0.0720 e. The topological polar surface area (TPSA) is 3.24 Å². The van der Waals surface area contributed by atoms with Crippen molar-refractivity contribution >= 4 is 48.6 Å². The predicted molar refractivity (Wildman–Crippen MR) is 266 cm³/mol. The van der Waals surface area contributed by atoms with Gasteiger partial charge in [0.25, 0.3) is 0 Å². The zero-order valence-electron chi connectivity index (χ0n) is 36.1. The molecule has 8 aromatic carbocycles. The molecule has 0 aliphatic heterocycles. The minimum atomic E-state index is -0.445. The number of fused-ring (bicyclic) bond motifs is 12. The first-order valence-electron chi connectivity index (χ1n) is 23.4. The summed E-state index contributed by atoms with van der Waals surface area (Å²) < 4.78 is 2.68. The Morgan fingerprint density at radius 3 is 1.73 bits per heavy atom. The van der Waals surface area contributed by atoms with Gasteiger partial charge in [0.15, 0.2) is 0 Å². The lowest BCUT2D eigenvalue weighted by Gasteiger charge is -2.62. The second-order valence-electron chi connectivity index (χ2n) is 19.2. The molecule has 0 saturated heterocycles. The quantitative estimate of drug-likeness (QED) is 0.167. The summed E-state index contributed by atoms with van der Waals surface area (Å²) in [5.74, 6) is 2.74. The Morgan fingerprint density at radius 1 is 0.460 bits per heavy atom. The van der Waals surface area contributed by atoms with Gasteiger partial charge in [0.05, 0.1) is 5.41 Å². The van der Waals surface area contributed by atoms with Crippen LogP contribution in [0, 0.1) is 23.7 Å². The van der Waals surface area contributed by atoms with Gasteiger partial charge in [-0.3, -0.25) is 0 Å². The van der Waals surface area contributed by atoms with Crippen molar-refractivity contribution in [3.05, 3.63) is 221 Å². The number of benzene rings is 8. The molecule has 4 aliphatic rings. The number of hydrogen-bond acceptors (Lipinski definition) is 2. The minimum absolute atomic E-state index is 0.0326. The molecule has 1 heterocycles. The minimum Gasteiger partial charge on any atom is -0.310 e. The first-order chi connectivity index (χ1) is 31.1. The summed E-state index contributed by atoms with van der Waals surface area (Å²) in [5, 5.41) is 2.68. The van der Waals surface area contributed by atoms with E-state index in [1.54, 1.807) is 11.1 Å². The monoisotopic (exact) mass is 829 g/mol. The predicted octanol–water partition coefficient (Wildman–Crippen LogP) is 16.6. The Hall–Kier alpha value is -6.22. The molecule has 2 saturated carbocycles. The van der Waals surface area contributed by atoms with Gasteiger partial charge in [-0.05, 0) is 154 Å². The van der Waals surface area contributed by atoms with Crippen LogP contribution in [0.5, 0.6) is 0 Å². The van der Waals surface area contributed by atoms with Gasteiger partial charge in [-0.25, -0.2) is 0 Å². The summed E-state index contributed by atoms with van der Waals surface area (Å²) in [4.78, 5) is 2.50. The molecule has 1 aromatic heterocycles. The molecule has 13 rings (SSSR count). The SMILES string of the molecule is CCC1C[C@H]2CC(C)C[C@@H](C1)C21c2ccccc2C2(c3ccccc3-c3ccccc32)c2cc(N(c3ccccc3)c3ccc(-c4ccc5c(c4)sc4ccccc45)cc3)ccc21. The van der Waals surface area contributed by atoms with Crippen molar-refractivity contribution in [1.82, 2.24) is 0 Å². The van der Waals surface area contributed by atoms with Crippen LogP contribution in [-0.2, 0) is 10.8 Å². The first-order valence-corrected chi connectivity index (χ1v) is 24.2. The van der Waals surface area contributed by atoms with Gasteiger partial charge < -0.3 is 4.90 Å².